The molecule has 0 unspecified atom stereocenters. The van der Waals surface area contributed by atoms with Crippen molar-refractivity contribution in [1.82, 2.24) is 0 Å². The zero-order valence-electron chi connectivity index (χ0n) is 17.2. The van der Waals surface area contributed by atoms with Gasteiger partial charge in [0, 0.05) is 28.2 Å². The van der Waals surface area contributed by atoms with Crippen molar-refractivity contribution in [3.63, 3.8) is 0 Å². The van der Waals surface area contributed by atoms with Crippen molar-refractivity contribution in [3.8, 4) is 22.6 Å². The van der Waals surface area contributed by atoms with Gasteiger partial charge >= 0.3 is 0 Å². The van der Waals surface area contributed by atoms with Crippen LogP contribution in [0.15, 0.2) is 47.8 Å². The lowest BCUT2D eigenvalue weighted by atomic mass is 9.89. The zero-order valence-corrected chi connectivity index (χ0v) is 18.0. The minimum absolute atomic E-state index is 0.0339. The van der Waals surface area contributed by atoms with E-state index < -0.39 is 0 Å². The molecule has 0 saturated carbocycles. The van der Waals surface area contributed by atoms with Crippen LogP contribution in [0.4, 0.5) is 10.1 Å². The summed E-state index contributed by atoms with van der Waals surface area (Å²) in [7, 11) is 1.62. The van der Waals surface area contributed by atoms with Crippen molar-refractivity contribution < 1.29 is 18.7 Å². The Balaban J connectivity index is 1.70. The van der Waals surface area contributed by atoms with Gasteiger partial charge < -0.3 is 14.8 Å². The van der Waals surface area contributed by atoms with Crippen LogP contribution in [0.2, 0.25) is 0 Å². The van der Waals surface area contributed by atoms with Gasteiger partial charge in [-0.15, -0.1) is 11.3 Å². The molecule has 0 bridgehead atoms. The first kappa shape index (κ1) is 20.4. The first-order chi connectivity index (χ1) is 14.5. The Morgan fingerprint density at radius 1 is 1.17 bits per heavy atom. The summed E-state index contributed by atoms with van der Waals surface area (Å²) in [6.45, 7) is 4.80. The Hall–Kier alpha value is -2.86. The number of hydrogen-bond acceptors (Lipinski definition) is 4. The molecule has 6 heteroatoms. The second kappa shape index (κ2) is 8.48. The normalized spacial score (nSPS) is 15.6. The van der Waals surface area contributed by atoms with E-state index in [-0.39, 0.29) is 17.6 Å². The van der Waals surface area contributed by atoms with Crippen molar-refractivity contribution in [3.05, 3.63) is 64.1 Å². The predicted molar refractivity (Wildman–Crippen MR) is 118 cm³/mol. The lowest BCUT2D eigenvalue weighted by Crippen LogP contribution is -2.22. The van der Waals surface area contributed by atoms with Crippen LogP contribution in [0.3, 0.4) is 0 Å². The van der Waals surface area contributed by atoms with Gasteiger partial charge in [-0.25, -0.2) is 4.39 Å². The van der Waals surface area contributed by atoms with Crippen LogP contribution in [0.5, 0.6) is 11.5 Å². The highest BCUT2D eigenvalue weighted by Crippen LogP contribution is 2.47. The van der Waals surface area contributed by atoms with Gasteiger partial charge in [0.1, 0.15) is 5.82 Å². The molecule has 0 radical (unpaired) electrons. The van der Waals surface area contributed by atoms with Crippen molar-refractivity contribution in [1.29, 1.82) is 0 Å². The SMILES string of the molecule is COc1cc([C@@H]2CC(=O)Nc3c(-c4ccc(F)cc4)csc32)ccc1OCC(C)C. The molecular weight excluding hydrogens is 401 g/mol. The maximum Gasteiger partial charge on any atom is 0.225 e. The van der Waals surface area contributed by atoms with Crippen molar-refractivity contribution >= 4 is 22.9 Å². The van der Waals surface area contributed by atoms with E-state index in [2.05, 4.69) is 19.2 Å². The molecular formula is C24H24FNO3S. The van der Waals surface area contributed by atoms with Gasteiger partial charge in [0.05, 0.1) is 19.4 Å². The number of methoxy groups -OCH3 is 1. The lowest BCUT2D eigenvalue weighted by molar-refractivity contribution is -0.116. The van der Waals surface area contributed by atoms with Crippen LogP contribution < -0.4 is 14.8 Å². The van der Waals surface area contributed by atoms with Gasteiger partial charge in [-0.3, -0.25) is 4.79 Å². The van der Waals surface area contributed by atoms with E-state index >= 15 is 0 Å². The molecule has 0 saturated heterocycles. The number of carbonyl (C=O) groups is 1. The summed E-state index contributed by atoms with van der Waals surface area (Å²) in [6.07, 6.45) is 0.367. The third-order valence-corrected chi connectivity index (χ3v) is 6.20. The topological polar surface area (TPSA) is 47.6 Å². The highest BCUT2D eigenvalue weighted by atomic mass is 32.1. The maximum absolute atomic E-state index is 13.3. The van der Waals surface area contributed by atoms with E-state index in [1.165, 1.54) is 12.1 Å². The van der Waals surface area contributed by atoms with Crippen LogP contribution in [0.1, 0.15) is 36.6 Å². The molecule has 1 aliphatic rings. The minimum atomic E-state index is -0.281. The molecule has 4 rings (SSSR count). The summed E-state index contributed by atoms with van der Waals surface area (Å²) in [5, 5.41) is 5.04. The first-order valence-corrected chi connectivity index (χ1v) is 10.8. The van der Waals surface area contributed by atoms with E-state index in [0.29, 0.717) is 30.4 Å². The van der Waals surface area contributed by atoms with E-state index in [1.54, 1.807) is 30.6 Å². The van der Waals surface area contributed by atoms with Gasteiger partial charge in [0.2, 0.25) is 5.91 Å². The molecule has 1 amide bonds. The molecule has 0 aliphatic carbocycles. The van der Waals surface area contributed by atoms with E-state index in [1.807, 2.05) is 23.6 Å². The van der Waals surface area contributed by atoms with Gasteiger partial charge in [-0.1, -0.05) is 32.0 Å². The Morgan fingerprint density at radius 2 is 1.93 bits per heavy atom. The molecule has 30 heavy (non-hydrogen) atoms. The van der Waals surface area contributed by atoms with Crippen molar-refractivity contribution in [2.24, 2.45) is 5.92 Å². The number of carbonyl (C=O) groups excluding carboxylic acids is 1. The molecule has 3 aromatic rings. The number of fused-ring (bicyclic) bond motifs is 1. The van der Waals surface area contributed by atoms with Crippen molar-refractivity contribution in [2.75, 3.05) is 19.0 Å². The number of ether oxygens (including phenoxy) is 2. The largest absolute Gasteiger partial charge is 0.493 e. The minimum Gasteiger partial charge on any atom is -0.493 e. The average molecular weight is 426 g/mol. The number of nitrogens with one attached hydrogen (secondary N) is 1. The van der Waals surface area contributed by atoms with Gasteiger partial charge in [0.15, 0.2) is 11.5 Å². The number of rotatable bonds is 6. The summed E-state index contributed by atoms with van der Waals surface area (Å²) in [5.74, 6) is 1.39. The molecule has 2 heterocycles. The fraction of sp³-hybridized carbons (Fsp3) is 0.292. The molecule has 4 nitrogen and oxygen atoms in total. The Morgan fingerprint density at radius 3 is 2.63 bits per heavy atom. The molecule has 1 atom stereocenters. The lowest BCUT2D eigenvalue weighted by Gasteiger charge is -2.24. The first-order valence-electron chi connectivity index (χ1n) is 9.94. The highest BCUT2D eigenvalue weighted by molar-refractivity contribution is 7.11. The molecule has 2 aromatic carbocycles. The number of halogens is 1. The summed E-state index contributed by atoms with van der Waals surface area (Å²) in [4.78, 5) is 13.6. The standard InChI is InChI=1S/C24H24FNO3S/c1-14(2)12-29-20-9-6-16(10-21(20)28-3)18-11-22(27)26-23-19(13-30-24(18)23)15-4-7-17(25)8-5-15/h4-10,13-14,18H,11-12H2,1-3H3,(H,26,27)/t18-/m0/s1. The van der Waals surface area contributed by atoms with Crippen LogP contribution in [-0.2, 0) is 4.79 Å². The van der Waals surface area contributed by atoms with Crippen molar-refractivity contribution in [2.45, 2.75) is 26.2 Å². The number of anilines is 1. The average Bonchev–Trinajstić information content (AvgIpc) is 3.15. The summed E-state index contributed by atoms with van der Waals surface area (Å²) in [5.41, 5.74) is 3.61. The highest BCUT2D eigenvalue weighted by Gasteiger charge is 2.31. The smallest absolute Gasteiger partial charge is 0.225 e. The number of benzene rings is 2. The predicted octanol–water partition coefficient (Wildman–Crippen LogP) is 6.07. The molecule has 1 aliphatic heterocycles. The van der Waals surface area contributed by atoms with Gasteiger partial charge in [-0.2, -0.15) is 0 Å². The van der Waals surface area contributed by atoms with Crippen LogP contribution in [-0.4, -0.2) is 19.6 Å². The fourth-order valence-corrected chi connectivity index (χ4v) is 4.78. The number of thiophene rings is 1. The van der Waals surface area contributed by atoms with E-state index in [0.717, 1.165) is 27.3 Å². The Labute approximate surface area is 179 Å². The molecule has 1 N–H and O–H groups in total. The molecule has 0 spiro atoms. The van der Waals surface area contributed by atoms with Gasteiger partial charge in [-0.05, 0) is 41.3 Å². The van der Waals surface area contributed by atoms with E-state index in [9.17, 15) is 9.18 Å². The monoisotopic (exact) mass is 425 g/mol. The number of hydrogen-bond donors (Lipinski definition) is 1. The molecule has 0 fully saturated rings. The quantitative estimate of drug-likeness (QED) is 0.521. The second-order valence-corrected chi connectivity index (χ2v) is 8.73. The zero-order chi connectivity index (χ0) is 21.3. The van der Waals surface area contributed by atoms with Crippen LogP contribution in [0.25, 0.3) is 11.1 Å². The summed E-state index contributed by atoms with van der Waals surface area (Å²) >= 11 is 1.61. The summed E-state index contributed by atoms with van der Waals surface area (Å²) < 4.78 is 24.7. The maximum atomic E-state index is 13.3. The Kier molecular flexibility index (Phi) is 5.77. The molecule has 1 aromatic heterocycles. The summed E-state index contributed by atoms with van der Waals surface area (Å²) in [6, 6.07) is 12.2. The van der Waals surface area contributed by atoms with E-state index in [4.69, 9.17) is 9.47 Å². The fourth-order valence-electron chi connectivity index (χ4n) is 3.61. The Bertz CT molecular complexity index is 1060. The number of amides is 1. The third-order valence-electron chi connectivity index (χ3n) is 5.11. The van der Waals surface area contributed by atoms with Crippen LogP contribution in [0, 0.1) is 11.7 Å². The second-order valence-electron chi connectivity index (χ2n) is 7.82. The molecule has 156 valence electrons. The third kappa shape index (κ3) is 4.05. The van der Waals surface area contributed by atoms with Gasteiger partial charge in [0.25, 0.3) is 0 Å². The van der Waals surface area contributed by atoms with Crippen LogP contribution >= 0.6 is 11.3 Å².